The lowest BCUT2D eigenvalue weighted by Crippen LogP contribution is -2.31. The van der Waals surface area contributed by atoms with Crippen LogP contribution in [0.4, 0.5) is 5.82 Å². The standard InChI is InChI=1S/C21H29N7.C7H14/c1-12(2)15-8-9-23-16(10-15)21-27-20-18(28(21)4)19(25-17(11-22)26-20)24-13(3)14-6-5-7-14;1-7-5-3-2-4-6-7/h8-10,12-14H,5-7,11,22H2,1-4H3,(H,24,25,26);7H,2-6H2,1H3/t13-;/m1./s1. The minimum atomic E-state index is 0.287. The summed E-state index contributed by atoms with van der Waals surface area (Å²) in [4.78, 5) is 18.6. The molecule has 0 amide bonds. The van der Waals surface area contributed by atoms with Gasteiger partial charge in [-0.2, -0.15) is 0 Å². The van der Waals surface area contributed by atoms with E-state index in [-0.39, 0.29) is 6.54 Å². The van der Waals surface area contributed by atoms with Crippen molar-refractivity contribution in [2.45, 2.75) is 97.6 Å². The van der Waals surface area contributed by atoms with Crippen LogP contribution in [0.3, 0.4) is 0 Å². The second kappa shape index (κ2) is 11.5. The highest BCUT2D eigenvalue weighted by Crippen LogP contribution is 2.33. The van der Waals surface area contributed by atoms with Crippen molar-refractivity contribution in [3.63, 3.8) is 0 Å². The van der Waals surface area contributed by atoms with Crippen LogP contribution in [0.1, 0.15) is 96.4 Å². The SMILES string of the molecule is CC(C)c1ccnc(-c2nc3nc(CN)nc(N[C@H](C)C4CCC4)c3n2C)c1.CC1CCCCC1. The van der Waals surface area contributed by atoms with Crippen LogP contribution in [-0.2, 0) is 13.6 Å². The van der Waals surface area contributed by atoms with Gasteiger partial charge in [0.15, 0.2) is 17.3 Å². The average Bonchev–Trinajstić information content (AvgIpc) is 3.15. The molecule has 190 valence electrons. The van der Waals surface area contributed by atoms with Gasteiger partial charge in [-0.05, 0) is 55.2 Å². The molecule has 0 bridgehead atoms. The number of hydrogen-bond acceptors (Lipinski definition) is 6. The molecule has 2 aliphatic rings. The fourth-order valence-electron chi connectivity index (χ4n) is 5.09. The van der Waals surface area contributed by atoms with E-state index in [1.807, 2.05) is 17.8 Å². The van der Waals surface area contributed by atoms with Gasteiger partial charge in [-0.3, -0.25) is 4.98 Å². The predicted molar refractivity (Wildman–Crippen MR) is 144 cm³/mol. The van der Waals surface area contributed by atoms with Crippen LogP contribution in [0.2, 0.25) is 0 Å². The summed E-state index contributed by atoms with van der Waals surface area (Å²) in [5.41, 5.74) is 9.49. The number of hydrogen-bond donors (Lipinski definition) is 2. The molecule has 7 heteroatoms. The third-order valence-corrected chi connectivity index (χ3v) is 7.75. The molecule has 3 aromatic rings. The molecule has 0 saturated heterocycles. The van der Waals surface area contributed by atoms with Gasteiger partial charge in [-0.25, -0.2) is 15.0 Å². The Morgan fingerprint density at radius 3 is 2.34 bits per heavy atom. The molecule has 2 fully saturated rings. The maximum Gasteiger partial charge on any atom is 0.184 e. The Bertz CT molecular complexity index is 1110. The lowest BCUT2D eigenvalue weighted by molar-refractivity contribution is 0.285. The minimum absolute atomic E-state index is 0.287. The summed E-state index contributed by atoms with van der Waals surface area (Å²) in [5, 5.41) is 3.61. The van der Waals surface area contributed by atoms with Crippen molar-refractivity contribution in [1.82, 2.24) is 24.5 Å². The van der Waals surface area contributed by atoms with Crippen molar-refractivity contribution in [2.75, 3.05) is 5.32 Å². The Labute approximate surface area is 210 Å². The summed E-state index contributed by atoms with van der Waals surface area (Å²) >= 11 is 0. The molecule has 0 radical (unpaired) electrons. The molecule has 35 heavy (non-hydrogen) atoms. The van der Waals surface area contributed by atoms with E-state index in [2.05, 4.69) is 60.1 Å². The first-order valence-corrected chi connectivity index (χ1v) is 13.5. The normalized spacial score (nSPS) is 17.7. The van der Waals surface area contributed by atoms with Gasteiger partial charge in [-0.15, -0.1) is 0 Å². The van der Waals surface area contributed by atoms with Crippen molar-refractivity contribution < 1.29 is 0 Å². The van der Waals surface area contributed by atoms with Gasteiger partial charge in [0, 0.05) is 19.3 Å². The summed E-state index contributed by atoms with van der Waals surface area (Å²) in [5.74, 6) is 4.37. The molecule has 7 nitrogen and oxygen atoms in total. The van der Waals surface area contributed by atoms with E-state index in [4.69, 9.17) is 10.7 Å². The van der Waals surface area contributed by atoms with Gasteiger partial charge < -0.3 is 15.6 Å². The number of nitrogens with zero attached hydrogens (tertiary/aromatic N) is 5. The zero-order valence-corrected chi connectivity index (χ0v) is 22.2. The fraction of sp³-hybridized carbons (Fsp3) is 0.643. The molecule has 1 atom stereocenters. The summed E-state index contributed by atoms with van der Waals surface area (Å²) in [6.07, 6.45) is 13.1. The van der Waals surface area contributed by atoms with E-state index in [0.717, 1.165) is 28.8 Å². The number of aryl methyl sites for hydroxylation is 1. The number of nitrogens with two attached hydrogens (primary N) is 1. The van der Waals surface area contributed by atoms with Crippen LogP contribution >= 0.6 is 0 Å². The van der Waals surface area contributed by atoms with Crippen LogP contribution in [0, 0.1) is 11.8 Å². The van der Waals surface area contributed by atoms with Gasteiger partial charge in [0.25, 0.3) is 0 Å². The highest BCUT2D eigenvalue weighted by Gasteiger charge is 2.26. The number of aromatic nitrogens is 5. The van der Waals surface area contributed by atoms with Crippen molar-refractivity contribution in [1.29, 1.82) is 0 Å². The first-order chi connectivity index (χ1) is 16.9. The molecular formula is C28H43N7. The van der Waals surface area contributed by atoms with Crippen molar-refractivity contribution >= 4 is 17.0 Å². The first kappa shape index (κ1) is 25.5. The predicted octanol–water partition coefficient (Wildman–Crippen LogP) is 6.19. The lowest BCUT2D eigenvalue weighted by Gasteiger charge is -2.32. The van der Waals surface area contributed by atoms with Gasteiger partial charge in [0.1, 0.15) is 17.0 Å². The molecule has 5 rings (SSSR count). The smallest absolute Gasteiger partial charge is 0.184 e. The van der Waals surface area contributed by atoms with Crippen molar-refractivity contribution in [3.8, 4) is 11.5 Å². The molecule has 0 spiro atoms. The highest BCUT2D eigenvalue weighted by atomic mass is 15.2. The number of fused-ring (bicyclic) bond motifs is 1. The largest absolute Gasteiger partial charge is 0.365 e. The molecule has 3 heterocycles. The van der Waals surface area contributed by atoms with Gasteiger partial charge >= 0.3 is 0 Å². The van der Waals surface area contributed by atoms with Crippen LogP contribution in [0.25, 0.3) is 22.7 Å². The van der Waals surface area contributed by atoms with Crippen LogP contribution in [0.5, 0.6) is 0 Å². The molecule has 2 aliphatic carbocycles. The quantitative estimate of drug-likeness (QED) is 0.439. The Morgan fingerprint density at radius 2 is 1.77 bits per heavy atom. The number of nitrogens with one attached hydrogen (secondary N) is 1. The monoisotopic (exact) mass is 477 g/mol. The number of imidazole rings is 1. The topological polar surface area (TPSA) is 94.5 Å². The van der Waals surface area contributed by atoms with E-state index in [0.29, 0.717) is 29.3 Å². The third-order valence-electron chi connectivity index (χ3n) is 7.75. The number of pyridine rings is 1. The fourth-order valence-corrected chi connectivity index (χ4v) is 5.09. The molecule has 0 aromatic carbocycles. The van der Waals surface area contributed by atoms with E-state index < -0.39 is 0 Å². The van der Waals surface area contributed by atoms with Crippen LogP contribution in [-0.4, -0.2) is 30.5 Å². The van der Waals surface area contributed by atoms with E-state index in [9.17, 15) is 0 Å². The third kappa shape index (κ3) is 6.00. The van der Waals surface area contributed by atoms with Gasteiger partial charge in [0.2, 0.25) is 0 Å². The van der Waals surface area contributed by atoms with Crippen molar-refractivity contribution in [3.05, 3.63) is 29.7 Å². The second-order valence-electron chi connectivity index (χ2n) is 10.9. The Morgan fingerprint density at radius 1 is 1.03 bits per heavy atom. The maximum atomic E-state index is 5.85. The molecule has 3 N–H and O–H groups in total. The highest BCUT2D eigenvalue weighted by molar-refractivity contribution is 5.86. The number of anilines is 1. The number of rotatable bonds is 6. The summed E-state index contributed by atoms with van der Waals surface area (Å²) in [7, 11) is 2.00. The maximum absolute atomic E-state index is 5.85. The summed E-state index contributed by atoms with van der Waals surface area (Å²) in [6, 6.07) is 4.52. The van der Waals surface area contributed by atoms with Crippen LogP contribution < -0.4 is 11.1 Å². The lowest BCUT2D eigenvalue weighted by atomic mass is 9.80. The van der Waals surface area contributed by atoms with Crippen LogP contribution in [0.15, 0.2) is 18.3 Å². The summed E-state index contributed by atoms with van der Waals surface area (Å²) < 4.78 is 2.04. The first-order valence-electron chi connectivity index (χ1n) is 13.5. The van der Waals surface area contributed by atoms with Gasteiger partial charge in [0.05, 0.1) is 6.54 Å². The average molecular weight is 478 g/mol. The second-order valence-corrected chi connectivity index (χ2v) is 10.9. The minimum Gasteiger partial charge on any atom is -0.365 e. The zero-order chi connectivity index (χ0) is 24.9. The Kier molecular flexibility index (Phi) is 8.37. The van der Waals surface area contributed by atoms with E-state index in [1.165, 1.54) is 56.9 Å². The van der Waals surface area contributed by atoms with Gasteiger partial charge in [-0.1, -0.05) is 59.3 Å². The van der Waals surface area contributed by atoms with Crippen molar-refractivity contribution in [2.24, 2.45) is 24.6 Å². The molecule has 3 aromatic heterocycles. The van der Waals surface area contributed by atoms with E-state index in [1.54, 1.807) is 0 Å². The molecule has 0 aliphatic heterocycles. The summed E-state index contributed by atoms with van der Waals surface area (Å²) in [6.45, 7) is 9.23. The molecule has 2 saturated carbocycles. The molecule has 0 unspecified atom stereocenters. The zero-order valence-electron chi connectivity index (χ0n) is 22.2. The molecular weight excluding hydrogens is 434 g/mol. The van der Waals surface area contributed by atoms with E-state index >= 15 is 0 Å². The Balaban J connectivity index is 0.000000356. The Hall–Kier alpha value is -2.54.